The minimum absolute atomic E-state index is 0.258. The first-order valence-corrected chi connectivity index (χ1v) is 11.7. The predicted molar refractivity (Wildman–Crippen MR) is 135 cm³/mol. The summed E-state index contributed by atoms with van der Waals surface area (Å²) in [5.41, 5.74) is 3.89. The number of fused-ring (bicyclic) bond motifs is 1. The predicted octanol–water partition coefficient (Wildman–Crippen LogP) is 7.05. The van der Waals surface area contributed by atoms with Gasteiger partial charge in [-0.2, -0.15) is 0 Å². The van der Waals surface area contributed by atoms with Crippen molar-refractivity contribution in [3.8, 4) is 28.7 Å². The Morgan fingerprint density at radius 3 is 2.00 bits per heavy atom. The van der Waals surface area contributed by atoms with Crippen LogP contribution in [0.5, 0.6) is 28.7 Å². The van der Waals surface area contributed by atoms with Crippen molar-refractivity contribution in [2.24, 2.45) is 0 Å². The van der Waals surface area contributed by atoms with Gasteiger partial charge in [-0.25, -0.2) is 0 Å². The lowest BCUT2D eigenvalue weighted by Crippen LogP contribution is -2.33. The molecular formula is C30H29NO3. The van der Waals surface area contributed by atoms with Crippen molar-refractivity contribution >= 4 is 0 Å². The second kappa shape index (κ2) is 10.0. The number of nitrogens with zero attached hydrogens (tertiary/aromatic N) is 1. The maximum atomic E-state index is 6.21. The molecular weight excluding hydrogens is 422 g/mol. The molecule has 4 nitrogen and oxygen atoms in total. The third kappa shape index (κ3) is 4.92. The second-order valence-electron chi connectivity index (χ2n) is 8.63. The zero-order valence-electron chi connectivity index (χ0n) is 19.6. The van der Waals surface area contributed by atoms with E-state index in [-0.39, 0.29) is 6.04 Å². The van der Waals surface area contributed by atoms with Gasteiger partial charge in [-0.15, -0.1) is 0 Å². The lowest BCUT2D eigenvalue weighted by molar-refractivity contribution is 0.228. The number of hydrogen-bond donors (Lipinski definition) is 0. The van der Waals surface area contributed by atoms with Crippen LogP contribution >= 0.6 is 0 Å². The van der Waals surface area contributed by atoms with Crippen molar-refractivity contribution in [2.75, 3.05) is 20.7 Å². The summed E-state index contributed by atoms with van der Waals surface area (Å²) in [6, 6.07) is 32.7. The van der Waals surface area contributed by atoms with Gasteiger partial charge in [0.1, 0.15) is 17.2 Å². The average Bonchev–Trinajstić information content (AvgIpc) is 2.88. The molecule has 1 heterocycles. The van der Waals surface area contributed by atoms with Crippen LogP contribution in [0, 0.1) is 0 Å². The molecule has 34 heavy (non-hydrogen) atoms. The Kier molecular flexibility index (Phi) is 6.50. The molecule has 172 valence electrons. The van der Waals surface area contributed by atoms with E-state index in [1.807, 2.05) is 72.8 Å². The minimum atomic E-state index is 0.258. The highest BCUT2D eigenvalue weighted by atomic mass is 16.5. The number of methoxy groups -OCH3 is 1. The Hall–Kier alpha value is -3.76. The third-order valence-electron chi connectivity index (χ3n) is 6.35. The summed E-state index contributed by atoms with van der Waals surface area (Å²) >= 11 is 0. The molecule has 4 aromatic carbocycles. The summed E-state index contributed by atoms with van der Waals surface area (Å²) in [7, 11) is 3.90. The fourth-order valence-corrected chi connectivity index (χ4v) is 4.50. The summed E-state index contributed by atoms with van der Waals surface area (Å²) in [6.07, 6.45) is 1.90. The molecule has 0 saturated carbocycles. The molecule has 1 unspecified atom stereocenters. The molecule has 1 atom stereocenters. The first-order valence-electron chi connectivity index (χ1n) is 11.7. The Bertz CT molecular complexity index is 1220. The van der Waals surface area contributed by atoms with Crippen molar-refractivity contribution in [3.63, 3.8) is 0 Å². The van der Waals surface area contributed by atoms with Crippen LogP contribution in [-0.2, 0) is 12.8 Å². The first-order chi connectivity index (χ1) is 16.7. The van der Waals surface area contributed by atoms with Crippen molar-refractivity contribution < 1.29 is 14.2 Å². The maximum Gasteiger partial charge on any atom is 0.169 e. The number of likely N-dealkylation sites (N-methyl/N-ethyl adjacent to an activating group) is 1. The van der Waals surface area contributed by atoms with E-state index < -0.39 is 0 Å². The molecule has 4 heteroatoms. The average molecular weight is 452 g/mol. The van der Waals surface area contributed by atoms with Crippen LogP contribution in [0.25, 0.3) is 0 Å². The van der Waals surface area contributed by atoms with Gasteiger partial charge in [0.05, 0.1) is 7.11 Å². The molecule has 0 N–H and O–H groups in total. The molecule has 0 radical (unpaired) electrons. The summed E-state index contributed by atoms with van der Waals surface area (Å²) in [5.74, 6) is 4.01. The van der Waals surface area contributed by atoms with Crippen LogP contribution < -0.4 is 14.2 Å². The van der Waals surface area contributed by atoms with Crippen LogP contribution in [-0.4, -0.2) is 25.6 Å². The van der Waals surface area contributed by atoms with Crippen molar-refractivity contribution in [1.29, 1.82) is 0 Å². The third-order valence-corrected chi connectivity index (χ3v) is 6.35. The highest BCUT2D eigenvalue weighted by molar-refractivity contribution is 5.51. The summed E-state index contributed by atoms with van der Waals surface area (Å²) in [5, 5.41) is 0. The molecule has 1 aliphatic heterocycles. The van der Waals surface area contributed by atoms with E-state index in [1.165, 1.54) is 16.7 Å². The molecule has 4 aromatic rings. The van der Waals surface area contributed by atoms with E-state index in [0.29, 0.717) is 0 Å². The van der Waals surface area contributed by atoms with Crippen molar-refractivity contribution in [1.82, 2.24) is 4.90 Å². The van der Waals surface area contributed by atoms with Gasteiger partial charge in [-0.1, -0.05) is 48.5 Å². The highest BCUT2D eigenvalue weighted by Gasteiger charge is 2.27. The fourth-order valence-electron chi connectivity index (χ4n) is 4.50. The topological polar surface area (TPSA) is 30.9 Å². The van der Waals surface area contributed by atoms with Gasteiger partial charge in [-0.3, -0.25) is 4.90 Å². The zero-order valence-corrected chi connectivity index (χ0v) is 19.6. The molecule has 0 spiro atoms. The van der Waals surface area contributed by atoms with Crippen LogP contribution in [0.15, 0.2) is 97.1 Å². The molecule has 0 saturated heterocycles. The molecule has 5 rings (SSSR count). The molecule has 1 aliphatic rings. The number of hydrogen-bond acceptors (Lipinski definition) is 4. The van der Waals surface area contributed by atoms with E-state index in [4.69, 9.17) is 14.2 Å². The quantitative estimate of drug-likeness (QED) is 0.301. The van der Waals surface area contributed by atoms with Gasteiger partial charge in [-0.05, 0) is 85.1 Å². The Balaban J connectivity index is 1.39. The van der Waals surface area contributed by atoms with E-state index in [1.54, 1.807) is 7.11 Å². The first kappa shape index (κ1) is 22.1. The Morgan fingerprint density at radius 2 is 1.35 bits per heavy atom. The molecule has 0 fully saturated rings. The largest absolute Gasteiger partial charge is 0.493 e. The van der Waals surface area contributed by atoms with E-state index in [0.717, 1.165) is 48.1 Å². The highest BCUT2D eigenvalue weighted by Crippen LogP contribution is 2.40. The van der Waals surface area contributed by atoms with Gasteiger partial charge in [0, 0.05) is 12.6 Å². The Morgan fingerprint density at radius 1 is 0.735 bits per heavy atom. The number of ether oxygens (including phenoxy) is 3. The summed E-state index contributed by atoms with van der Waals surface area (Å²) in [6.45, 7) is 1.01. The number of rotatable bonds is 7. The van der Waals surface area contributed by atoms with E-state index >= 15 is 0 Å². The van der Waals surface area contributed by atoms with E-state index in [2.05, 4.69) is 36.2 Å². The van der Waals surface area contributed by atoms with Crippen LogP contribution in [0.3, 0.4) is 0 Å². The SMILES string of the molecule is COc1cc2c(cc1Oc1ccccc1)C(Cc1ccc(Oc3ccccc3)cc1)N(C)CC2. The lowest BCUT2D eigenvalue weighted by Gasteiger charge is -2.35. The van der Waals surface area contributed by atoms with Gasteiger partial charge in [0.15, 0.2) is 11.5 Å². The number of benzene rings is 4. The van der Waals surface area contributed by atoms with E-state index in [9.17, 15) is 0 Å². The fraction of sp³-hybridized carbons (Fsp3) is 0.200. The molecule has 0 bridgehead atoms. The van der Waals surface area contributed by atoms with Crippen molar-refractivity contribution in [3.05, 3.63) is 114 Å². The summed E-state index contributed by atoms with van der Waals surface area (Å²) < 4.78 is 17.8. The van der Waals surface area contributed by atoms with Gasteiger partial charge < -0.3 is 14.2 Å². The smallest absolute Gasteiger partial charge is 0.169 e. The maximum absolute atomic E-state index is 6.21. The van der Waals surface area contributed by atoms with Gasteiger partial charge in [0.2, 0.25) is 0 Å². The van der Waals surface area contributed by atoms with Gasteiger partial charge >= 0.3 is 0 Å². The molecule has 0 aromatic heterocycles. The lowest BCUT2D eigenvalue weighted by atomic mass is 9.88. The number of para-hydroxylation sites is 2. The monoisotopic (exact) mass is 451 g/mol. The standard InChI is InChI=1S/C30H29NO3/c1-31-18-17-23-20-29(32-2)30(34-25-11-7-4-8-12-25)21-27(23)28(31)19-22-13-15-26(16-14-22)33-24-9-5-3-6-10-24/h3-16,20-21,28H,17-19H2,1-2H3. The van der Waals surface area contributed by atoms with Crippen LogP contribution in [0.2, 0.25) is 0 Å². The van der Waals surface area contributed by atoms with Crippen LogP contribution in [0.4, 0.5) is 0 Å². The van der Waals surface area contributed by atoms with Crippen LogP contribution in [0.1, 0.15) is 22.7 Å². The molecule has 0 amide bonds. The normalized spacial score (nSPS) is 15.4. The second-order valence-corrected chi connectivity index (χ2v) is 8.63. The van der Waals surface area contributed by atoms with Gasteiger partial charge in [0.25, 0.3) is 0 Å². The minimum Gasteiger partial charge on any atom is -0.493 e. The summed E-state index contributed by atoms with van der Waals surface area (Å²) in [4.78, 5) is 2.43. The van der Waals surface area contributed by atoms with Crippen molar-refractivity contribution in [2.45, 2.75) is 18.9 Å². The molecule has 0 aliphatic carbocycles. The zero-order chi connectivity index (χ0) is 23.3. The Labute approximate surface area is 201 Å².